The summed E-state index contributed by atoms with van der Waals surface area (Å²) in [6.07, 6.45) is 0.402. The number of benzene rings is 3. The van der Waals surface area contributed by atoms with Gasteiger partial charge in [-0.2, -0.15) is 5.26 Å². The SMILES string of the molecule is Cc1ccc(N2C(=O)C(Cc3ccc(C)c(Cl)c3)S/C2=C(/C#N)C(=O)Nc2ccccc2Cl)cc1C. The van der Waals surface area contributed by atoms with Crippen LogP contribution in [0.3, 0.4) is 0 Å². The van der Waals surface area contributed by atoms with Crippen LogP contribution in [0.25, 0.3) is 0 Å². The highest BCUT2D eigenvalue weighted by Gasteiger charge is 2.41. The van der Waals surface area contributed by atoms with Gasteiger partial charge in [0.15, 0.2) is 0 Å². The predicted octanol–water partition coefficient (Wildman–Crippen LogP) is 6.98. The van der Waals surface area contributed by atoms with E-state index in [1.54, 1.807) is 24.3 Å². The fourth-order valence-electron chi connectivity index (χ4n) is 3.81. The number of para-hydroxylation sites is 1. The Balaban J connectivity index is 1.76. The summed E-state index contributed by atoms with van der Waals surface area (Å²) in [4.78, 5) is 28.4. The van der Waals surface area contributed by atoms with Gasteiger partial charge in [0.2, 0.25) is 5.91 Å². The minimum atomic E-state index is -0.631. The Kier molecular flexibility index (Phi) is 7.75. The molecule has 3 aromatic carbocycles. The van der Waals surface area contributed by atoms with Gasteiger partial charge < -0.3 is 5.32 Å². The fraction of sp³-hybridized carbons (Fsp3) is 0.179. The standard InChI is InChI=1S/C28H23Cl2N3O2S/c1-16-9-11-20(12-18(16)3)33-27(35)25(14-19-10-8-17(2)23(30)13-19)36-28(33)21(15-31)26(34)32-24-7-5-4-6-22(24)29/h4-13,25H,14H2,1-3H3,(H,32,34)/b28-21-. The normalized spacial score (nSPS) is 16.6. The maximum absolute atomic E-state index is 13.7. The van der Waals surface area contributed by atoms with Crippen LogP contribution in [0.15, 0.2) is 71.3 Å². The quantitative estimate of drug-likeness (QED) is 0.282. The largest absolute Gasteiger partial charge is 0.320 e. The lowest BCUT2D eigenvalue weighted by molar-refractivity contribution is -0.117. The average Bonchev–Trinajstić information content (AvgIpc) is 3.15. The van der Waals surface area contributed by atoms with Gasteiger partial charge in [-0.05, 0) is 79.8 Å². The zero-order valence-corrected chi connectivity index (χ0v) is 22.3. The van der Waals surface area contributed by atoms with Crippen molar-refractivity contribution in [1.29, 1.82) is 5.26 Å². The number of hydrogen-bond donors (Lipinski definition) is 1. The molecule has 1 heterocycles. The molecule has 0 aromatic heterocycles. The van der Waals surface area contributed by atoms with Crippen LogP contribution in [-0.2, 0) is 16.0 Å². The highest BCUT2D eigenvalue weighted by Crippen LogP contribution is 2.42. The van der Waals surface area contributed by atoms with Gasteiger partial charge in [-0.15, -0.1) is 0 Å². The Hall–Kier alpha value is -3.24. The summed E-state index contributed by atoms with van der Waals surface area (Å²) in [5.74, 6) is -0.831. The highest BCUT2D eigenvalue weighted by molar-refractivity contribution is 8.05. The number of amides is 2. The van der Waals surface area contributed by atoms with E-state index >= 15 is 0 Å². The van der Waals surface area contributed by atoms with E-state index in [9.17, 15) is 14.9 Å². The number of rotatable bonds is 5. The molecule has 1 aliphatic rings. The third-order valence-corrected chi connectivity index (χ3v) is 8.03. The number of nitriles is 1. The molecule has 1 aliphatic heterocycles. The minimum absolute atomic E-state index is 0.157. The molecule has 2 amide bonds. The molecule has 0 bridgehead atoms. The number of nitrogens with one attached hydrogen (secondary N) is 1. The molecule has 36 heavy (non-hydrogen) atoms. The van der Waals surface area contributed by atoms with Crippen molar-refractivity contribution in [3.05, 3.63) is 104 Å². The van der Waals surface area contributed by atoms with Crippen LogP contribution in [0, 0.1) is 32.1 Å². The number of carbonyl (C=O) groups excluding carboxylic acids is 2. The molecular formula is C28H23Cl2N3O2S. The summed E-state index contributed by atoms with van der Waals surface area (Å²) in [6, 6.07) is 20.1. The van der Waals surface area contributed by atoms with E-state index in [1.807, 2.05) is 63.2 Å². The van der Waals surface area contributed by atoms with Crippen LogP contribution in [0.2, 0.25) is 10.0 Å². The van der Waals surface area contributed by atoms with Gasteiger partial charge >= 0.3 is 0 Å². The number of thioether (sulfide) groups is 1. The Morgan fingerprint density at radius 1 is 1.00 bits per heavy atom. The molecule has 1 unspecified atom stereocenters. The summed E-state index contributed by atoms with van der Waals surface area (Å²) < 4.78 is 0. The summed E-state index contributed by atoms with van der Waals surface area (Å²) in [5.41, 5.74) is 4.76. The molecule has 3 aromatic rings. The van der Waals surface area contributed by atoms with Gasteiger partial charge in [0.1, 0.15) is 16.7 Å². The van der Waals surface area contributed by atoms with Crippen LogP contribution < -0.4 is 10.2 Å². The minimum Gasteiger partial charge on any atom is -0.320 e. The smallest absolute Gasteiger partial charge is 0.269 e. The molecule has 4 rings (SSSR count). The number of halogens is 2. The van der Waals surface area contributed by atoms with Crippen molar-refractivity contribution < 1.29 is 9.59 Å². The van der Waals surface area contributed by atoms with Crippen LogP contribution in [0.4, 0.5) is 11.4 Å². The lowest BCUT2D eigenvalue weighted by atomic mass is 10.1. The van der Waals surface area contributed by atoms with Crippen molar-refractivity contribution >= 4 is 58.2 Å². The first kappa shape index (κ1) is 25.8. The van der Waals surface area contributed by atoms with Crippen molar-refractivity contribution in [3.63, 3.8) is 0 Å². The molecule has 0 radical (unpaired) electrons. The van der Waals surface area contributed by atoms with Crippen LogP contribution in [0.5, 0.6) is 0 Å². The van der Waals surface area contributed by atoms with Crippen LogP contribution in [0.1, 0.15) is 22.3 Å². The second kappa shape index (κ2) is 10.8. The van der Waals surface area contributed by atoms with E-state index in [0.717, 1.165) is 22.3 Å². The van der Waals surface area contributed by atoms with E-state index in [0.29, 0.717) is 32.9 Å². The second-order valence-electron chi connectivity index (χ2n) is 8.56. The van der Waals surface area contributed by atoms with E-state index in [-0.39, 0.29) is 11.5 Å². The topological polar surface area (TPSA) is 73.2 Å². The summed E-state index contributed by atoms with van der Waals surface area (Å²) in [5, 5.41) is 13.5. The first-order valence-corrected chi connectivity index (χ1v) is 12.9. The second-order valence-corrected chi connectivity index (χ2v) is 10.6. The lowest BCUT2D eigenvalue weighted by Crippen LogP contribution is -2.31. The number of anilines is 2. The zero-order chi connectivity index (χ0) is 26.0. The van der Waals surface area contributed by atoms with E-state index in [2.05, 4.69) is 5.32 Å². The van der Waals surface area contributed by atoms with Crippen molar-refractivity contribution in [1.82, 2.24) is 0 Å². The monoisotopic (exact) mass is 535 g/mol. The van der Waals surface area contributed by atoms with E-state index < -0.39 is 11.2 Å². The number of aryl methyl sites for hydroxylation is 3. The Morgan fingerprint density at radius 3 is 2.39 bits per heavy atom. The van der Waals surface area contributed by atoms with Gasteiger partial charge in [0.05, 0.1) is 16.0 Å². The van der Waals surface area contributed by atoms with Crippen molar-refractivity contribution in [2.45, 2.75) is 32.4 Å². The summed E-state index contributed by atoms with van der Waals surface area (Å²) in [6.45, 7) is 5.86. The molecule has 1 fully saturated rings. The van der Waals surface area contributed by atoms with Gasteiger partial charge in [0, 0.05) is 10.7 Å². The van der Waals surface area contributed by atoms with Gasteiger partial charge in [-0.25, -0.2) is 0 Å². The molecule has 182 valence electrons. The zero-order valence-electron chi connectivity index (χ0n) is 19.9. The number of carbonyl (C=O) groups is 2. The van der Waals surface area contributed by atoms with Crippen molar-refractivity contribution in [2.75, 3.05) is 10.2 Å². The lowest BCUT2D eigenvalue weighted by Gasteiger charge is -2.20. The molecule has 5 nitrogen and oxygen atoms in total. The van der Waals surface area contributed by atoms with Gasteiger partial charge in [-0.3, -0.25) is 14.5 Å². The third-order valence-electron chi connectivity index (χ3n) is 6.03. The number of hydrogen-bond acceptors (Lipinski definition) is 4. The molecule has 8 heteroatoms. The molecule has 0 spiro atoms. The van der Waals surface area contributed by atoms with Crippen molar-refractivity contribution in [2.24, 2.45) is 0 Å². The van der Waals surface area contributed by atoms with Crippen LogP contribution in [-0.4, -0.2) is 17.1 Å². The van der Waals surface area contributed by atoms with E-state index in [1.165, 1.54) is 16.7 Å². The predicted molar refractivity (Wildman–Crippen MR) is 147 cm³/mol. The molecule has 1 saturated heterocycles. The third kappa shape index (κ3) is 5.29. The maximum atomic E-state index is 13.7. The Bertz CT molecular complexity index is 1440. The molecule has 1 N–H and O–H groups in total. The number of nitrogens with zero attached hydrogens (tertiary/aromatic N) is 2. The first-order chi connectivity index (χ1) is 17.2. The average molecular weight is 536 g/mol. The molecule has 0 aliphatic carbocycles. The highest BCUT2D eigenvalue weighted by atomic mass is 35.5. The molecule has 1 atom stereocenters. The maximum Gasteiger partial charge on any atom is 0.269 e. The molecule has 0 saturated carbocycles. The Morgan fingerprint density at radius 2 is 1.72 bits per heavy atom. The summed E-state index contributed by atoms with van der Waals surface area (Å²) in [7, 11) is 0. The van der Waals surface area contributed by atoms with Gasteiger partial charge in [0.25, 0.3) is 5.91 Å². The first-order valence-electron chi connectivity index (χ1n) is 11.2. The van der Waals surface area contributed by atoms with Crippen molar-refractivity contribution in [3.8, 4) is 6.07 Å². The van der Waals surface area contributed by atoms with E-state index in [4.69, 9.17) is 23.2 Å². The summed E-state index contributed by atoms with van der Waals surface area (Å²) >= 11 is 13.7. The van der Waals surface area contributed by atoms with Crippen LogP contribution >= 0.6 is 35.0 Å². The fourth-order valence-corrected chi connectivity index (χ4v) is 5.51. The van der Waals surface area contributed by atoms with Gasteiger partial charge in [-0.1, -0.05) is 65.3 Å². The molecular weight excluding hydrogens is 513 g/mol. The Labute approximate surface area is 224 Å².